The number of amides is 1. The molecule has 1 aromatic carbocycles. The topological polar surface area (TPSA) is 73.1 Å². The summed E-state index contributed by atoms with van der Waals surface area (Å²) in [6.45, 7) is 5.89. The molecule has 0 aliphatic heterocycles. The van der Waals surface area contributed by atoms with Gasteiger partial charge in [0.25, 0.3) is 5.56 Å². The second kappa shape index (κ2) is 7.77. The van der Waals surface area contributed by atoms with Gasteiger partial charge < -0.3 is 5.32 Å². The molecule has 0 fully saturated rings. The Hall–Kier alpha value is -2.63. The van der Waals surface area contributed by atoms with Gasteiger partial charge in [-0.25, -0.2) is 4.79 Å². The van der Waals surface area contributed by atoms with Crippen molar-refractivity contribution in [2.45, 2.75) is 46.3 Å². The first-order valence-electron chi connectivity index (χ1n) is 8.06. The second-order valence-corrected chi connectivity index (χ2v) is 5.95. The van der Waals surface area contributed by atoms with Crippen molar-refractivity contribution < 1.29 is 4.79 Å². The van der Waals surface area contributed by atoms with Gasteiger partial charge in [0, 0.05) is 18.3 Å². The molecule has 0 radical (unpaired) electrons. The monoisotopic (exact) mass is 329 g/mol. The molecule has 1 N–H and O–H groups in total. The van der Waals surface area contributed by atoms with Crippen LogP contribution < -0.4 is 16.6 Å². The first-order valence-corrected chi connectivity index (χ1v) is 8.06. The number of hydrogen-bond acceptors (Lipinski definition) is 3. The van der Waals surface area contributed by atoms with Gasteiger partial charge in [-0.1, -0.05) is 31.2 Å². The quantitative estimate of drug-likeness (QED) is 0.868. The van der Waals surface area contributed by atoms with Crippen LogP contribution in [0.3, 0.4) is 0 Å². The van der Waals surface area contributed by atoms with E-state index in [0.717, 1.165) is 22.1 Å². The van der Waals surface area contributed by atoms with Gasteiger partial charge in [-0.3, -0.25) is 18.7 Å². The number of carbonyl (C=O) groups is 1. The van der Waals surface area contributed by atoms with E-state index in [1.807, 2.05) is 45.0 Å². The predicted octanol–water partition coefficient (Wildman–Crippen LogP) is 1.28. The Morgan fingerprint density at radius 3 is 2.58 bits per heavy atom. The van der Waals surface area contributed by atoms with Crippen molar-refractivity contribution in [3.05, 3.63) is 68.5 Å². The van der Waals surface area contributed by atoms with E-state index in [1.165, 1.54) is 16.8 Å². The molecule has 1 atom stereocenters. The summed E-state index contributed by atoms with van der Waals surface area (Å²) in [5.74, 6) is -0.336. The van der Waals surface area contributed by atoms with E-state index in [1.54, 1.807) is 0 Å². The number of hydrogen-bond donors (Lipinski definition) is 1. The maximum absolute atomic E-state index is 12.5. The third-order valence-electron chi connectivity index (χ3n) is 4.06. The Bertz CT molecular complexity index is 836. The molecule has 6 nitrogen and oxygen atoms in total. The highest BCUT2D eigenvalue weighted by molar-refractivity contribution is 5.75. The van der Waals surface area contributed by atoms with Crippen LogP contribution >= 0.6 is 0 Å². The molecule has 0 saturated carbocycles. The van der Waals surface area contributed by atoms with E-state index >= 15 is 0 Å². The molecule has 0 unspecified atom stereocenters. The molecule has 0 saturated heterocycles. The molecule has 2 aromatic rings. The summed E-state index contributed by atoms with van der Waals surface area (Å²) in [6, 6.07) is 9.06. The van der Waals surface area contributed by atoms with Crippen LogP contribution in [-0.2, 0) is 17.9 Å². The Morgan fingerprint density at radius 1 is 1.21 bits per heavy atom. The van der Waals surface area contributed by atoms with Crippen LogP contribution in [0.15, 0.2) is 46.1 Å². The third-order valence-corrected chi connectivity index (χ3v) is 4.06. The lowest BCUT2D eigenvalue weighted by atomic mass is 10.1. The summed E-state index contributed by atoms with van der Waals surface area (Å²) in [4.78, 5) is 36.5. The van der Waals surface area contributed by atoms with Crippen LogP contribution in [0.1, 0.15) is 31.4 Å². The highest BCUT2D eigenvalue weighted by Crippen LogP contribution is 2.07. The summed E-state index contributed by atoms with van der Waals surface area (Å²) in [6.07, 6.45) is 2.26. The Morgan fingerprint density at radius 2 is 1.92 bits per heavy atom. The van der Waals surface area contributed by atoms with Crippen molar-refractivity contribution in [1.29, 1.82) is 0 Å². The summed E-state index contributed by atoms with van der Waals surface area (Å²) in [5, 5.41) is 2.76. The SMILES string of the molecule is CC[C@H](C)NC(=O)Cn1c(=O)ccn(Cc2ccccc2C)c1=O. The third kappa shape index (κ3) is 4.22. The van der Waals surface area contributed by atoms with Gasteiger partial charge in [0.15, 0.2) is 0 Å². The van der Waals surface area contributed by atoms with Gasteiger partial charge in [-0.05, 0) is 31.4 Å². The van der Waals surface area contributed by atoms with Gasteiger partial charge in [-0.2, -0.15) is 0 Å². The zero-order valence-electron chi connectivity index (χ0n) is 14.3. The predicted molar refractivity (Wildman–Crippen MR) is 93.1 cm³/mol. The minimum Gasteiger partial charge on any atom is -0.352 e. The lowest BCUT2D eigenvalue weighted by molar-refractivity contribution is -0.122. The van der Waals surface area contributed by atoms with Gasteiger partial charge in [0.2, 0.25) is 5.91 Å². The van der Waals surface area contributed by atoms with Crippen LogP contribution in [0.4, 0.5) is 0 Å². The molecule has 0 spiro atoms. The lowest BCUT2D eigenvalue weighted by Gasteiger charge is -2.13. The van der Waals surface area contributed by atoms with Crippen molar-refractivity contribution in [3.8, 4) is 0 Å². The average molecular weight is 329 g/mol. The number of carbonyl (C=O) groups excluding carboxylic acids is 1. The van der Waals surface area contributed by atoms with E-state index in [-0.39, 0.29) is 18.5 Å². The van der Waals surface area contributed by atoms with Gasteiger partial charge in [-0.15, -0.1) is 0 Å². The second-order valence-electron chi connectivity index (χ2n) is 5.95. The van der Waals surface area contributed by atoms with Crippen LogP contribution in [0.25, 0.3) is 0 Å². The van der Waals surface area contributed by atoms with Crippen molar-refractivity contribution in [2.75, 3.05) is 0 Å². The highest BCUT2D eigenvalue weighted by atomic mass is 16.2. The van der Waals surface area contributed by atoms with E-state index in [9.17, 15) is 14.4 Å². The normalized spacial score (nSPS) is 12.0. The number of rotatable bonds is 6. The van der Waals surface area contributed by atoms with Crippen LogP contribution in [0, 0.1) is 6.92 Å². The number of nitrogens with zero attached hydrogens (tertiary/aromatic N) is 2. The molecular weight excluding hydrogens is 306 g/mol. The summed E-state index contributed by atoms with van der Waals surface area (Å²) in [7, 11) is 0. The van der Waals surface area contributed by atoms with Crippen LogP contribution in [0.2, 0.25) is 0 Å². The largest absolute Gasteiger partial charge is 0.352 e. The minimum atomic E-state index is -0.481. The van der Waals surface area contributed by atoms with Crippen LogP contribution in [0.5, 0.6) is 0 Å². The fourth-order valence-electron chi connectivity index (χ4n) is 2.36. The molecule has 1 amide bonds. The van der Waals surface area contributed by atoms with E-state index < -0.39 is 11.2 Å². The van der Waals surface area contributed by atoms with Gasteiger partial charge in [0.1, 0.15) is 6.54 Å². The first-order chi connectivity index (χ1) is 11.4. The van der Waals surface area contributed by atoms with Crippen molar-refractivity contribution >= 4 is 5.91 Å². The molecule has 1 heterocycles. The fourth-order valence-corrected chi connectivity index (χ4v) is 2.36. The first kappa shape index (κ1) is 17.7. The van der Waals surface area contributed by atoms with Gasteiger partial charge in [0.05, 0.1) is 6.54 Å². The number of aromatic nitrogens is 2. The average Bonchev–Trinajstić information content (AvgIpc) is 2.55. The fraction of sp³-hybridized carbons (Fsp3) is 0.389. The number of benzene rings is 1. The Kier molecular flexibility index (Phi) is 5.73. The number of aryl methyl sites for hydroxylation is 1. The summed E-state index contributed by atoms with van der Waals surface area (Å²) < 4.78 is 2.41. The zero-order valence-corrected chi connectivity index (χ0v) is 14.3. The molecule has 2 rings (SSSR count). The maximum Gasteiger partial charge on any atom is 0.331 e. The molecular formula is C18H23N3O3. The molecule has 6 heteroatoms. The van der Waals surface area contributed by atoms with E-state index in [2.05, 4.69) is 5.32 Å². The smallest absolute Gasteiger partial charge is 0.331 e. The molecule has 24 heavy (non-hydrogen) atoms. The van der Waals surface area contributed by atoms with Crippen LogP contribution in [-0.4, -0.2) is 21.1 Å². The highest BCUT2D eigenvalue weighted by Gasteiger charge is 2.12. The Labute approximate surface area is 140 Å². The lowest BCUT2D eigenvalue weighted by Crippen LogP contribution is -2.44. The van der Waals surface area contributed by atoms with E-state index in [4.69, 9.17) is 0 Å². The molecule has 0 bridgehead atoms. The maximum atomic E-state index is 12.5. The van der Waals surface area contributed by atoms with Crippen molar-refractivity contribution in [3.63, 3.8) is 0 Å². The summed E-state index contributed by atoms with van der Waals surface area (Å²) in [5.41, 5.74) is 1.11. The van der Waals surface area contributed by atoms with Gasteiger partial charge >= 0.3 is 5.69 Å². The van der Waals surface area contributed by atoms with Crippen molar-refractivity contribution in [2.24, 2.45) is 0 Å². The molecule has 1 aromatic heterocycles. The number of nitrogens with one attached hydrogen (secondary N) is 1. The molecule has 0 aliphatic carbocycles. The minimum absolute atomic E-state index is 0.00566. The Balaban J connectivity index is 2.28. The zero-order chi connectivity index (χ0) is 17.7. The molecule has 128 valence electrons. The van der Waals surface area contributed by atoms with E-state index in [0.29, 0.717) is 6.54 Å². The standard InChI is InChI=1S/C18H23N3O3/c1-4-14(3)19-16(22)12-21-17(23)9-10-20(18(21)24)11-15-8-6-5-7-13(15)2/h5-10,14H,4,11-12H2,1-3H3,(H,19,22)/t14-/m0/s1. The molecule has 0 aliphatic rings. The summed E-state index contributed by atoms with van der Waals surface area (Å²) >= 11 is 0. The van der Waals surface area contributed by atoms with Crippen molar-refractivity contribution in [1.82, 2.24) is 14.5 Å².